The Balaban J connectivity index is 2.55. The summed E-state index contributed by atoms with van der Waals surface area (Å²) in [7, 11) is 1.58. The topological polar surface area (TPSA) is 38.7 Å². The maximum atomic E-state index is 10.2. The summed E-state index contributed by atoms with van der Waals surface area (Å²) in [6, 6.07) is 0. The van der Waals surface area contributed by atoms with Crippen molar-refractivity contribution in [3.05, 3.63) is 0 Å². The van der Waals surface area contributed by atoms with Gasteiger partial charge in [-0.1, -0.05) is 0 Å². The van der Waals surface area contributed by atoms with Crippen LogP contribution in [0.1, 0.15) is 19.3 Å². The van der Waals surface area contributed by atoms with E-state index in [0.717, 1.165) is 0 Å². The lowest BCUT2D eigenvalue weighted by atomic mass is 9.87. The van der Waals surface area contributed by atoms with E-state index in [1.165, 1.54) is 0 Å². The predicted molar refractivity (Wildman–Crippen MR) is 49.2 cm³/mol. The fourth-order valence-corrected chi connectivity index (χ4v) is 1.62. The number of hydrogen-bond acceptors (Lipinski definition) is 3. The Hall–Kier alpha value is -0.560. The number of terminal acetylenes is 1. The highest BCUT2D eigenvalue weighted by atomic mass is 16.5. The van der Waals surface area contributed by atoms with Crippen molar-refractivity contribution < 1.29 is 14.6 Å². The smallest absolute Gasteiger partial charge is 0.109 e. The van der Waals surface area contributed by atoms with Gasteiger partial charge in [-0.3, -0.25) is 0 Å². The molecule has 1 saturated heterocycles. The number of aliphatic hydroxyl groups is 1. The van der Waals surface area contributed by atoms with E-state index in [0.29, 0.717) is 32.5 Å². The molecule has 2 unspecified atom stereocenters. The van der Waals surface area contributed by atoms with Crippen LogP contribution in [0.25, 0.3) is 0 Å². The molecule has 2 atom stereocenters. The van der Waals surface area contributed by atoms with Crippen molar-refractivity contribution in [2.45, 2.75) is 31.0 Å². The Morgan fingerprint density at radius 3 is 3.15 bits per heavy atom. The molecular formula is C10H16O3. The van der Waals surface area contributed by atoms with E-state index in [4.69, 9.17) is 15.9 Å². The van der Waals surface area contributed by atoms with Crippen LogP contribution in [0.15, 0.2) is 0 Å². The molecule has 74 valence electrons. The Morgan fingerprint density at radius 1 is 1.77 bits per heavy atom. The fourth-order valence-electron chi connectivity index (χ4n) is 1.62. The van der Waals surface area contributed by atoms with E-state index in [9.17, 15) is 5.11 Å². The van der Waals surface area contributed by atoms with Gasteiger partial charge in [-0.25, -0.2) is 0 Å². The predicted octanol–water partition coefficient (Wildman–Crippen LogP) is 0.566. The van der Waals surface area contributed by atoms with Crippen molar-refractivity contribution in [3.8, 4) is 12.3 Å². The lowest BCUT2D eigenvalue weighted by molar-refractivity contribution is -0.167. The highest BCUT2D eigenvalue weighted by Gasteiger charge is 2.39. The molecule has 0 spiro atoms. The summed E-state index contributed by atoms with van der Waals surface area (Å²) in [6.07, 6.45) is 6.69. The van der Waals surface area contributed by atoms with E-state index in [-0.39, 0.29) is 6.10 Å². The number of rotatable bonds is 3. The van der Waals surface area contributed by atoms with Crippen molar-refractivity contribution in [1.82, 2.24) is 0 Å². The van der Waals surface area contributed by atoms with Crippen LogP contribution in [0.4, 0.5) is 0 Å². The van der Waals surface area contributed by atoms with Gasteiger partial charge < -0.3 is 14.6 Å². The van der Waals surface area contributed by atoms with Crippen LogP contribution in [0, 0.1) is 12.3 Å². The van der Waals surface area contributed by atoms with Gasteiger partial charge in [0, 0.05) is 26.6 Å². The van der Waals surface area contributed by atoms with Crippen molar-refractivity contribution in [2.24, 2.45) is 0 Å². The standard InChI is InChI=1S/C10H16O3/c1-3-4-5-10(11)6-7-13-8-9(10)12-2/h1,9,11H,4-8H2,2H3. The quantitative estimate of drug-likeness (QED) is 0.652. The average Bonchev–Trinajstić information content (AvgIpc) is 2.16. The van der Waals surface area contributed by atoms with Crippen molar-refractivity contribution in [2.75, 3.05) is 20.3 Å². The van der Waals surface area contributed by atoms with Crippen molar-refractivity contribution in [1.29, 1.82) is 0 Å². The van der Waals surface area contributed by atoms with Crippen LogP contribution in [-0.2, 0) is 9.47 Å². The van der Waals surface area contributed by atoms with Gasteiger partial charge in [-0.2, -0.15) is 0 Å². The van der Waals surface area contributed by atoms with E-state index >= 15 is 0 Å². The Kier molecular flexibility index (Phi) is 3.73. The molecule has 0 aromatic carbocycles. The lowest BCUT2D eigenvalue weighted by Crippen LogP contribution is -2.50. The average molecular weight is 184 g/mol. The Morgan fingerprint density at radius 2 is 2.54 bits per heavy atom. The first-order valence-corrected chi connectivity index (χ1v) is 4.49. The molecule has 1 N–H and O–H groups in total. The second kappa shape index (κ2) is 4.61. The van der Waals surface area contributed by atoms with Crippen molar-refractivity contribution >= 4 is 0 Å². The summed E-state index contributed by atoms with van der Waals surface area (Å²) in [6.45, 7) is 1.04. The summed E-state index contributed by atoms with van der Waals surface area (Å²) in [5, 5.41) is 10.2. The van der Waals surface area contributed by atoms with Gasteiger partial charge in [0.25, 0.3) is 0 Å². The molecule has 0 saturated carbocycles. The van der Waals surface area contributed by atoms with Gasteiger partial charge in [-0.05, 0) is 6.42 Å². The van der Waals surface area contributed by atoms with Crippen molar-refractivity contribution in [3.63, 3.8) is 0 Å². The molecule has 0 aromatic heterocycles. The third-order valence-corrected chi connectivity index (χ3v) is 2.53. The fraction of sp³-hybridized carbons (Fsp3) is 0.800. The minimum absolute atomic E-state index is 0.241. The maximum absolute atomic E-state index is 10.2. The molecule has 0 aliphatic carbocycles. The molecule has 1 heterocycles. The molecule has 3 nitrogen and oxygen atoms in total. The number of methoxy groups -OCH3 is 1. The zero-order chi connectivity index (χ0) is 9.73. The summed E-state index contributed by atoms with van der Waals surface area (Å²) in [5.41, 5.74) is -0.792. The molecule has 0 radical (unpaired) electrons. The first-order chi connectivity index (χ1) is 6.23. The highest BCUT2D eigenvalue weighted by Crippen LogP contribution is 2.27. The molecule has 0 amide bonds. The van der Waals surface area contributed by atoms with E-state index in [1.54, 1.807) is 7.11 Å². The van der Waals surface area contributed by atoms with E-state index < -0.39 is 5.60 Å². The molecule has 1 rings (SSSR count). The minimum Gasteiger partial charge on any atom is -0.387 e. The van der Waals surface area contributed by atoms with E-state index in [1.807, 2.05) is 0 Å². The van der Waals surface area contributed by atoms with Crippen LogP contribution in [-0.4, -0.2) is 37.1 Å². The molecule has 1 aliphatic rings. The van der Waals surface area contributed by atoms with Crippen LogP contribution in [0.5, 0.6) is 0 Å². The van der Waals surface area contributed by atoms with Gasteiger partial charge >= 0.3 is 0 Å². The normalized spacial score (nSPS) is 34.1. The van der Waals surface area contributed by atoms with Gasteiger partial charge in [0.2, 0.25) is 0 Å². The molecular weight excluding hydrogens is 168 g/mol. The second-order valence-corrected chi connectivity index (χ2v) is 3.36. The highest BCUT2D eigenvalue weighted by molar-refractivity contribution is 4.95. The van der Waals surface area contributed by atoms with Gasteiger partial charge in [0.15, 0.2) is 0 Å². The molecule has 13 heavy (non-hydrogen) atoms. The Labute approximate surface area is 79.0 Å². The second-order valence-electron chi connectivity index (χ2n) is 3.36. The minimum atomic E-state index is -0.792. The number of hydrogen-bond donors (Lipinski definition) is 1. The molecule has 1 aliphatic heterocycles. The lowest BCUT2D eigenvalue weighted by Gasteiger charge is -2.38. The Bertz CT molecular complexity index is 197. The summed E-state index contributed by atoms with van der Waals surface area (Å²) < 4.78 is 10.4. The van der Waals surface area contributed by atoms with Crippen LogP contribution < -0.4 is 0 Å². The monoisotopic (exact) mass is 184 g/mol. The van der Waals surface area contributed by atoms with Crippen LogP contribution in [0.2, 0.25) is 0 Å². The third-order valence-electron chi connectivity index (χ3n) is 2.53. The van der Waals surface area contributed by atoms with Gasteiger partial charge in [0.1, 0.15) is 6.10 Å². The third kappa shape index (κ3) is 2.44. The first-order valence-electron chi connectivity index (χ1n) is 4.49. The molecule has 3 heteroatoms. The zero-order valence-corrected chi connectivity index (χ0v) is 7.95. The summed E-state index contributed by atoms with van der Waals surface area (Å²) >= 11 is 0. The first kappa shape index (κ1) is 10.5. The molecule has 1 fully saturated rings. The summed E-state index contributed by atoms with van der Waals surface area (Å²) in [4.78, 5) is 0. The maximum Gasteiger partial charge on any atom is 0.109 e. The van der Waals surface area contributed by atoms with Crippen LogP contribution >= 0.6 is 0 Å². The SMILES string of the molecule is C#CCCC1(O)CCOCC1OC. The molecule has 0 bridgehead atoms. The summed E-state index contributed by atoms with van der Waals surface area (Å²) in [5.74, 6) is 2.53. The van der Waals surface area contributed by atoms with Gasteiger partial charge in [0.05, 0.1) is 12.2 Å². The van der Waals surface area contributed by atoms with E-state index in [2.05, 4.69) is 5.92 Å². The van der Waals surface area contributed by atoms with Gasteiger partial charge in [-0.15, -0.1) is 12.3 Å². The zero-order valence-electron chi connectivity index (χ0n) is 7.95. The molecule has 0 aromatic rings. The number of ether oxygens (including phenoxy) is 2. The van der Waals surface area contributed by atoms with Crippen LogP contribution in [0.3, 0.4) is 0 Å². The largest absolute Gasteiger partial charge is 0.387 e.